The van der Waals surface area contributed by atoms with E-state index in [1.54, 1.807) is 18.2 Å². The molecule has 0 atom stereocenters. The summed E-state index contributed by atoms with van der Waals surface area (Å²) in [6.45, 7) is 0. The lowest BCUT2D eigenvalue weighted by molar-refractivity contribution is 0.101. The van der Waals surface area contributed by atoms with Gasteiger partial charge >= 0.3 is 0 Å². The zero-order valence-electron chi connectivity index (χ0n) is 10.0. The maximum absolute atomic E-state index is 11.8. The molecule has 0 spiro atoms. The minimum Gasteiger partial charge on any atom is -0.495 e. The number of nitrogens with one attached hydrogen (secondary N) is 1. The lowest BCUT2D eigenvalue weighted by Crippen LogP contribution is -2.14. The number of carbonyl (C=O) groups is 1. The van der Waals surface area contributed by atoms with Crippen LogP contribution in [0.3, 0.4) is 0 Å². The molecule has 0 fully saturated rings. The Morgan fingerprint density at radius 2 is 2.26 bits per heavy atom. The molecular weight excluding hydrogens is 266 g/mol. The molecule has 0 radical (unpaired) electrons. The van der Waals surface area contributed by atoms with Crippen LogP contribution in [-0.2, 0) is 0 Å². The number of hydrogen-bond donors (Lipinski definition) is 2. The van der Waals surface area contributed by atoms with Crippen LogP contribution < -0.4 is 15.8 Å². The minimum atomic E-state index is -0.393. The second kappa shape index (κ2) is 5.49. The fraction of sp³-hybridized carbons (Fsp3) is 0.0833. The molecular formula is C12H11N3O3S. The van der Waals surface area contributed by atoms with Crippen molar-refractivity contribution in [3.63, 3.8) is 0 Å². The number of methoxy groups -OCH3 is 1. The number of rotatable bonds is 4. The average molecular weight is 277 g/mol. The minimum absolute atomic E-state index is 0.181. The second-order valence-corrected chi connectivity index (χ2v) is 4.06. The zero-order chi connectivity index (χ0) is 13.8. The molecule has 1 heterocycles. The summed E-state index contributed by atoms with van der Waals surface area (Å²) in [7, 11) is 1.49. The summed E-state index contributed by atoms with van der Waals surface area (Å²) >= 11 is 4.88. The summed E-state index contributed by atoms with van der Waals surface area (Å²) in [5.74, 6) is 0.0669. The van der Waals surface area contributed by atoms with Gasteiger partial charge in [0.15, 0.2) is 5.69 Å². The topological polar surface area (TPSA) is 90.4 Å². The molecule has 0 saturated heterocycles. The molecule has 1 aromatic heterocycles. The van der Waals surface area contributed by atoms with Crippen molar-refractivity contribution in [3.05, 3.63) is 41.8 Å². The van der Waals surface area contributed by atoms with Gasteiger partial charge in [0.2, 0.25) is 0 Å². The van der Waals surface area contributed by atoms with Gasteiger partial charge < -0.3 is 20.3 Å². The van der Waals surface area contributed by atoms with Crippen molar-refractivity contribution in [2.75, 3.05) is 12.4 Å². The number of nitrogens with zero attached hydrogens (tertiary/aromatic N) is 1. The third-order valence-electron chi connectivity index (χ3n) is 2.40. The van der Waals surface area contributed by atoms with Crippen LogP contribution in [0.4, 0.5) is 5.69 Å². The van der Waals surface area contributed by atoms with Crippen LogP contribution in [0.2, 0.25) is 0 Å². The monoisotopic (exact) mass is 277 g/mol. The summed E-state index contributed by atoms with van der Waals surface area (Å²) in [6.07, 6.45) is 1.32. The largest absolute Gasteiger partial charge is 0.495 e. The van der Waals surface area contributed by atoms with Crippen molar-refractivity contribution in [1.29, 1.82) is 0 Å². The molecule has 6 nitrogen and oxygen atoms in total. The number of amides is 1. The fourth-order valence-corrected chi connectivity index (χ4v) is 1.59. The highest BCUT2D eigenvalue weighted by Gasteiger charge is 2.13. The first-order chi connectivity index (χ1) is 9.11. The Labute approximate surface area is 114 Å². The normalized spacial score (nSPS) is 9.95. The van der Waals surface area contributed by atoms with Gasteiger partial charge in [-0.3, -0.25) is 4.79 Å². The van der Waals surface area contributed by atoms with E-state index in [0.29, 0.717) is 17.0 Å². The van der Waals surface area contributed by atoms with Crippen molar-refractivity contribution >= 4 is 28.8 Å². The SMILES string of the molecule is COc1cc(C(N)=S)ccc1NC(=O)c1ccon1. The molecule has 0 unspecified atom stereocenters. The molecule has 1 aromatic carbocycles. The lowest BCUT2D eigenvalue weighted by atomic mass is 10.2. The van der Waals surface area contributed by atoms with Gasteiger partial charge in [0.05, 0.1) is 12.8 Å². The van der Waals surface area contributed by atoms with E-state index in [9.17, 15) is 4.79 Å². The third kappa shape index (κ3) is 2.89. The Bertz CT molecular complexity index is 611. The van der Waals surface area contributed by atoms with Crippen molar-refractivity contribution in [2.24, 2.45) is 5.73 Å². The molecule has 1 amide bonds. The summed E-state index contributed by atoms with van der Waals surface area (Å²) in [5, 5.41) is 6.20. The van der Waals surface area contributed by atoms with Crippen LogP contribution in [-0.4, -0.2) is 23.2 Å². The van der Waals surface area contributed by atoms with Crippen molar-refractivity contribution in [3.8, 4) is 5.75 Å². The van der Waals surface area contributed by atoms with E-state index < -0.39 is 5.91 Å². The molecule has 0 saturated carbocycles. The molecule has 2 rings (SSSR count). The molecule has 3 N–H and O–H groups in total. The maximum Gasteiger partial charge on any atom is 0.277 e. The number of carbonyl (C=O) groups excluding carboxylic acids is 1. The van der Waals surface area contributed by atoms with Gasteiger partial charge in [0.25, 0.3) is 5.91 Å². The maximum atomic E-state index is 11.8. The number of aromatic nitrogens is 1. The third-order valence-corrected chi connectivity index (χ3v) is 2.64. The highest BCUT2D eigenvalue weighted by molar-refractivity contribution is 7.80. The van der Waals surface area contributed by atoms with Gasteiger partial charge in [-0.2, -0.15) is 0 Å². The van der Waals surface area contributed by atoms with Gasteiger partial charge in [-0.1, -0.05) is 17.4 Å². The molecule has 0 aliphatic heterocycles. The van der Waals surface area contributed by atoms with E-state index in [2.05, 4.69) is 15.0 Å². The van der Waals surface area contributed by atoms with Crippen LogP contribution in [0.1, 0.15) is 16.1 Å². The van der Waals surface area contributed by atoms with E-state index in [0.717, 1.165) is 0 Å². The molecule has 0 bridgehead atoms. The number of nitrogens with two attached hydrogens (primary N) is 1. The average Bonchev–Trinajstić information content (AvgIpc) is 2.92. The predicted molar refractivity (Wildman–Crippen MR) is 73.3 cm³/mol. The van der Waals surface area contributed by atoms with Crippen LogP contribution in [0.5, 0.6) is 5.75 Å². The highest BCUT2D eigenvalue weighted by atomic mass is 32.1. The molecule has 2 aromatic rings. The van der Waals surface area contributed by atoms with Gasteiger partial charge in [-0.05, 0) is 18.2 Å². The molecule has 0 aliphatic rings. The summed E-state index contributed by atoms with van der Waals surface area (Å²) in [6, 6.07) is 6.47. The first kappa shape index (κ1) is 13.0. The van der Waals surface area contributed by atoms with Crippen LogP contribution in [0.15, 0.2) is 35.1 Å². The van der Waals surface area contributed by atoms with Gasteiger partial charge in [0, 0.05) is 11.6 Å². The smallest absolute Gasteiger partial charge is 0.277 e. The van der Waals surface area contributed by atoms with Crippen LogP contribution in [0.25, 0.3) is 0 Å². The fourth-order valence-electron chi connectivity index (χ4n) is 1.46. The van der Waals surface area contributed by atoms with Gasteiger partial charge in [-0.25, -0.2) is 0 Å². The standard InChI is InChI=1S/C12H11N3O3S/c1-17-10-6-7(11(13)19)2-3-8(10)14-12(16)9-4-5-18-15-9/h2-6H,1H3,(H2,13,19)(H,14,16). The summed E-state index contributed by atoms with van der Waals surface area (Å²) in [4.78, 5) is 12.1. The Hall–Kier alpha value is -2.41. The highest BCUT2D eigenvalue weighted by Crippen LogP contribution is 2.26. The van der Waals surface area contributed by atoms with Crippen LogP contribution >= 0.6 is 12.2 Å². The summed E-state index contributed by atoms with van der Waals surface area (Å²) < 4.78 is 9.79. The lowest BCUT2D eigenvalue weighted by Gasteiger charge is -2.10. The zero-order valence-corrected chi connectivity index (χ0v) is 10.9. The van der Waals surface area contributed by atoms with Gasteiger partial charge in [-0.15, -0.1) is 0 Å². The van der Waals surface area contributed by atoms with E-state index >= 15 is 0 Å². The number of ether oxygens (including phenoxy) is 1. The van der Waals surface area contributed by atoms with E-state index in [1.807, 2.05) is 0 Å². The van der Waals surface area contributed by atoms with Crippen LogP contribution in [0, 0.1) is 0 Å². The van der Waals surface area contributed by atoms with Gasteiger partial charge in [0.1, 0.15) is 17.0 Å². The number of thiocarbonyl (C=S) groups is 1. The Kier molecular flexibility index (Phi) is 3.76. The predicted octanol–water partition coefficient (Wildman–Crippen LogP) is 1.57. The quantitative estimate of drug-likeness (QED) is 0.824. The van der Waals surface area contributed by atoms with E-state index in [1.165, 1.54) is 19.4 Å². The van der Waals surface area contributed by atoms with Crippen molar-refractivity contribution in [1.82, 2.24) is 5.16 Å². The molecule has 98 valence electrons. The first-order valence-corrected chi connectivity index (χ1v) is 5.72. The second-order valence-electron chi connectivity index (χ2n) is 3.62. The number of anilines is 1. The van der Waals surface area contributed by atoms with E-state index in [-0.39, 0.29) is 10.7 Å². The molecule has 0 aliphatic carbocycles. The number of benzene rings is 1. The first-order valence-electron chi connectivity index (χ1n) is 5.31. The molecule has 7 heteroatoms. The Morgan fingerprint density at radius 3 is 2.84 bits per heavy atom. The van der Waals surface area contributed by atoms with Crippen molar-refractivity contribution < 1.29 is 14.1 Å². The Balaban J connectivity index is 2.25. The summed E-state index contributed by atoms with van der Waals surface area (Å²) in [5.41, 5.74) is 6.87. The number of hydrogen-bond acceptors (Lipinski definition) is 5. The Morgan fingerprint density at radius 1 is 1.47 bits per heavy atom. The molecule has 19 heavy (non-hydrogen) atoms. The van der Waals surface area contributed by atoms with E-state index in [4.69, 9.17) is 22.7 Å². The van der Waals surface area contributed by atoms with Crippen molar-refractivity contribution in [2.45, 2.75) is 0 Å².